The zero-order valence-corrected chi connectivity index (χ0v) is 12.1. The molecule has 5 heteroatoms. The third kappa shape index (κ3) is 2.24. The van der Waals surface area contributed by atoms with Crippen LogP contribution in [0.2, 0.25) is 0 Å². The Hall–Kier alpha value is -2.71. The summed E-state index contributed by atoms with van der Waals surface area (Å²) in [6, 6.07) is 17.2. The van der Waals surface area contributed by atoms with E-state index < -0.39 is 21.2 Å². The van der Waals surface area contributed by atoms with E-state index in [1.54, 1.807) is 18.2 Å². The standard InChI is InChI=1S/C17H10FNO2S/c18-16-6-3-7-17(15(16)11-19)22(20,21)14-9-8-12-4-1-2-5-13(12)10-14/h1-10H. The van der Waals surface area contributed by atoms with Gasteiger partial charge >= 0.3 is 0 Å². The Kier molecular flexibility index (Phi) is 3.39. The summed E-state index contributed by atoms with van der Waals surface area (Å²) >= 11 is 0. The number of hydrogen-bond acceptors (Lipinski definition) is 3. The maximum Gasteiger partial charge on any atom is 0.208 e. The predicted octanol–water partition coefficient (Wildman–Crippen LogP) is 3.68. The highest BCUT2D eigenvalue weighted by Crippen LogP contribution is 2.27. The van der Waals surface area contributed by atoms with Gasteiger partial charge in [0, 0.05) is 0 Å². The smallest absolute Gasteiger partial charge is 0.208 e. The summed E-state index contributed by atoms with van der Waals surface area (Å²) in [6.07, 6.45) is 0. The van der Waals surface area contributed by atoms with Crippen molar-refractivity contribution in [1.29, 1.82) is 5.26 Å². The van der Waals surface area contributed by atoms with Gasteiger partial charge in [0.05, 0.1) is 9.79 Å². The van der Waals surface area contributed by atoms with Crippen LogP contribution in [0.3, 0.4) is 0 Å². The lowest BCUT2D eigenvalue weighted by atomic mass is 10.1. The molecule has 0 atom stereocenters. The number of fused-ring (bicyclic) bond motifs is 1. The molecule has 0 unspecified atom stereocenters. The van der Waals surface area contributed by atoms with Crippen LogP contribution < -0.4 is 0 Å². The summed E-state index contributed by atoms with van der Waals surface area (Å²) < 4.78 is 39.0. The van der Waals surface area contributed by atoms with Crippen LogP contribution in [0.1, 0.15) is 5.56 Å². The Morgan fingerprint density at radius 3 is 2.36 bits per heavy atom. The highest BCUT2D eigenvalue weighted by Gasteiger charge is 2.23. The molecule has 0 saturated carbocycles. The first-order chi connectivity index (χ1) is 10.5. The number of hydrogen-bond donors (Lipinski definition) is 0. The minimum atomic E-state index is -3.96. The van der Waals surface area contributed by atoms with Crippen molar-refractivity contribution in [3.8, 4) is 6.07 Å². The van der Waals surface area contributed by atoms with E-state index in [9.17, 15) is 12.8 Å². The van der Waals surface area contributed by atoms with Crippen LogP contribution >= 0.6 is 0 Å². The summed E-state index contributed by atoms with van der Waals surface area (Å²) in [7, 11) is -3.96. The van der Waals surface area contributed by atoms with Gasteiger partial charge in [0.1, 0.15) is 17.4 Å². The lowest BCUT2D eigenvalue weighted by molar-refractivity contribution is 0.589. The average Bonchev–Trinajstić information content (AvgIpc) is 2.54. The van der Waals surface area contributed by atoms with Crippen molar-refractivity contribution >= 4 is 20.6 Å². The van der Waals surface area contributed by atoms with E-state index in [2.05, 4.69) is 0 Å². The Balaban J connectivity index is 2.25. The van der Waals surface area contributed by atoms with Gasteiger partial charge in [0.2, 0.25) is 9.84 Å². The lowest BCUT2D eigenvalue weighted by Crippen LogP contribution is -2.05. The third-order valence-electron chi connectivity index (χ3n) is 3.41. The molecule has 0 aliphatic heterocycles. The Morgan fingerprint density at radius 2 is 1.64 bits per heavy atom. The molecule has 3 aromatic carbocycles. The van der Waals surface area contributed by atoms with E-state index >= 15 is 0 Å². The molecule has 0 spiro atoms. The minimum absolute atomic E-state index is 0.0355. The monoisotopic (exact) mass is 311 g/mol. The number of halogens is 1. The largest absolute Gasteiger partial charge is 0.218 e. The van der Waals surface area contributed by atoms with Crippen molar-refractivity contribution < 1.29 is 12.8 Å². The molecule has 0 amide bonds. The molecule has 0 N–H and O–H groups in total. The fourth-order valence-electron chi connectivity index (χ4n) is 2.30. The van der Waals surface area contributed by atoms with Crippen molar-refractivity contribution in [2.24, 2.45) is 0 Å². The summed E-state index contributed by atoms with van der Waals surface area (Å²) in [5, 5.41) is 10.7. The van der Waals surface area contributed by atoms with Crippen LogP contribution in [-0.2, 0) is 9.84 Å². The summed E-state index contributed by atoms with van der Waals surface area (Å²) in [5.41, 5.74) is -0.462. The van der Waals surface area contributed by atoms with Crippen LogP contribution in [0.5, 0.6) is 0 Å². The number of nitriles is 1. The van der Waals surface area contributed by atoms with Gasteiger partial charge < -0.3 is 0 Å². The molecule has 0 radical (unpaired) electrons. The van der Waals surface area contributed by atoms with Gasteiger partial charge in [-0.2, -0.15) is 5.26 Å². The quantitative estimate of drug-likeness (QED) is 0.725. The van der Waals surface area contributed by atoms with Gasteiger partial charge in [0.25, 0.3) is 0 Å². The zero-order chi connectivity index (χ0) is 15.7. The fraction of sp³-hybridized carbons (Fsp3) is 0. The lowest BCUT2D eigenvalue weighted by Gasteiger charge is -2.08. The maximum atomic E-state index is 13.7. The molecule has 3 nitrogen and oxygen atoms in total. The second kappa shape index (κ2) is 5.24. The Bertz CT molecular complexity index is 1020. The Morgan fingerprint density at radius 1 is 0.909 bits per heavy atom. The predicted molar refractivity (Wildman–Crippen MR) is 80.5 cm³/mol. The van der Waals surface area contributed by atoms with Gasteiger partial charge in [0.15, 0.2) is 0 Å². The molecule has 108 valence electrons. The van der Waals surface area contributed by atoms with Crippen LogP contribution in [0.25, 0.3) is 10.8 Å². The molecule has 0 fully saturated rings. The fourth-order valence-corrected chi connectivity index (χ4v) is 3.75. The second-order valence-corrected chi connectivity index (χ2v) is 6.66. The van der Waals surface area contributed by atoms with Gasteiger partial charge in [-0.3, -0.25) is 0 Å². The van der Waals surface area contributed by atoms with Crippen molar-refractivity contribution in [2.75, 3.05) is 0 Å². The first-order valence-corrected chi connectivity index (χ1v) is 7.95. The van der Waals surface area contributed by atoms with Crippen LogP contribution in [0.15, 0.2) is 70.5 Å². The number of nitrogens with zero attached hydrogens (tertiary/aromatic N) is 1. The van der Waals surface area contributed by atoms with Gasteiger partial charge in [-0.1, -0.05) is 36.4 Å². The van der Waals surface area contributed by atoms with Gasteiger partial charge in [-0.25, -0.2) is 12.8 Å². The third-order valence-corrected chi connectivity index (χ3v) is 5.20. The minimum Gasteiger partial charge on any atom is -0.218 e. The topological polar surface area (TPSA) is 57.9 Å². The van der Waals surface area contributed by atoms with Gasteiger partial charge in [-0.15, -0.1) is 0 Å². The Labute approximate surface area is 127 Å². The van der Waals surface area contributed by atoms with Crippen LogP contribution in [-0.4, -0.2) is 8.42 Å². The molecule has 0 aromatic heterocycles. The molecule has 0 aliphatic rings. The average molecular weight is 311 g/mol. The van der Waals surface area contributed by atoms with E-state index in [0.29, 0.717) is 0 Å². The van der Waals surface area contributed by atoms with Gasteiger partial charge in [-0.05, 0) is 35.0 Å². The first kappa shape index (κ1) is 14.2. The van der Waals surface area contributed by atoms with Crippen molar-refractivity contribution in [2.45, 2.75) is 9.79 Å². The maximum absolute atomic E-state index is 13.7. The summed E-state index contributed by atoms with van der Waals surface area (Å²) in [6.45, 7) is 0. The highest BCUT2D eigenvalue weighted by atomic mass is 32.2. The van der Waals surface area contributed by atoms with E-state index in [-0.39, 0.29) is 9.79 Å². The molecule has 3 rings (SSSR count). The molecule has 3 aromatic rings. The number of benzene rings is 3. The molecule has 0 heterocycles. The second-order valence-electron chi connectivity index (χ2n) is 4.74. The van der Waals surface area contributed by atoms with E-state index in [1.165, 1.54) is 24.3 Å². The van der Waals surface area contributed by atoms with Crippen molar-refractivity contribution in [3.05, 3.63) is 72.0 Å². The van der Waals surface area contributed by atoms with Crippen molar-refractivity contribution in [1.82, 2.24) is 0 Å². The van der Waals surface area contributed by atoms with E-state index in [1.807, 2.05) is 18.2 Å². The normalized spacial score (nSPS) is 11.3. The van der Waals surface area contributed by atoms with E-state index in [4.69, 9.17) is 5.26 Å². The molecule has 0 saturated heterocycles. The zero-order valence-electron chi connectivity index (χ0n) is 11.3. The first-order valence-electron chi connectivity index (χ1n) is 6.46. The molecular weight excluding hydrogens is 301 g/mol. The van der Waals surface area contributed by atoms with E-state index in [0.717, 1.165) is 16.8 Å². The molecule has 0 aliphatic carbocycles. The van der Waals surface area contributed by atoms with Crippen LogP contribution in [0, 0.1) is 17.1 Å². The molecular formula is C17H10FNO2S. The molecule has 22 heavy (non-hydrogen) atoms. The number of sulfone groups is 1. The highest BCUT2D eigenvalue weighted by molar-refractivity contribution is 7.91. The van der Waals surface area contributed by atoms with Crippen molar-refractivity contribution in [3.63, 3.8) is 0 Å². The van der Waals surface area contributed by atoms with Crippen LogP contribution in [0.4, 0.5) is 4.39 Å². The molecule has 0 bridgehead atoms. The SMILES string of the molecule is N#Cc1c(F)cccc1S(=O)(=O)c1ccc2ccccc2c1. The summed E-state index contributed by atoms with van der Waals surface area (Å²) in [4.78, 5) is -0.279. The number of rotatable bonds is 2. The summed E-state index contributed by atoms with van der Waals surface area (Å²) in [5.74, 6) is -0.843.